The fraction of sp³-hybridized carbons (Fsp3) is 0.600. The van der Waals surface area contributed by atoms with E-state index in [4.69, 9.17) is 9.47 Å². The van der Waals surface area contributed by atoms with Crippen molar-refractivity contribution in [1.82, 2.24) is 15.1 Å². The third kappa shape index (κ3) is 3.52. The molecular formula is C25H31N3O4. The van der Waals surface area contributed by atoms with Crippen LogP contribution in [0, 0.1) is 0 Å². The van der Waals surface area contributed by atoms with Crippen molar-refractivity contribution in [1.29, 1.82) is 0 Å². The quantitative estimate of drug-likeness (QED) is 0.784. The highest BCUT2D eigenvalue weighted by Gasteiger charge is 2.42. The number of amides is 2. The maximum absolute atomic E-state index is 13.0. The van der Waals surface area contributed by atoms with Gasteiger partial charge in [-0.25, -0.2) is 0 Å². The minimum absolute atomic E-state index is 0.0678. The summed E-state index contributed by atoms with van der Waals surface area (Å²) >= 11 is 0. The summed E-state index contributed by atoms with van der Waals surface area (Å²) in [6.07, 6.45) is 8.06. The average Bonchev–Trinajstić information content (AvgIpc) is 3.46. The number of allylic oxidation sites excluding steroid dienone is 1. The predicted molar refractivity (Wildman–Crippen MR) is 118 cm³/mol. The topological polar surface area (TPSA) is 71.1 Å². The van der Waals surface area contributed by atoms with Gasteiger partial charge in [0.1, 0.15) is 17.9 Å². The Morgan fingerprint density at radius 3 is 2.66 bits per heavy atom. The minimum atomic E-state index is -0.430. The van der Waals surface area contributed by atoms with Gasteiger partial charge in [0, 0.05) is 36.9 Å². The normalized spacial score (nSPS) is 34.7. The molecule has 0 aromatic heterocycles. The number of likely N-dealkylation sites (tertiary alicyclic amines) is 1. The third-order valence-electron chi connectivity index (χ3n) is 7.85. The van der Waals surface area contributed by atoms with Crippen molar-refractivity contribution < 1.29 is 19.1 Å². The Bertz CT molecular complexity index is 951. The van der Waals surface area contributed by atoms with Gasteiger partial charge in [0.15, 0.2) is 0 Å². The van der Waals surface area contributed by atoms with Crippen molar-refractivity contribution >= 4 is 11.8 Å². The van der Waals surface area contributed by atoms with Crippen LogP contribution in [0.25, 0.3) is 0 Å². The molecule has 1 aromatic rings. The van der Waals surface area contributed by atoms with Gasteiger partial charge in [-0.1, -0.05) is 6.58 Å². The molecule has 32 heavy (non-hydrogen) atoms. The molecule has 1 saturated carbocycles. The molecule has 3 unspecified atom stereocenters. The van der Waals surface area contributed by atoms with Crippen LogP contribution in [0.1, 0.15) is 60.9 Å². The zero-order chi connectivity index (χ0) is 21.8. The van der Waals surface area contributed by atoms with E-state index in [0.717, 1.165) is 36.5 Å². The van der Waals surface area contributed by atoms with Crippen molar-refractivity contribution in [2.24, 2.45) is 0 Å². The average molecular weight is 438 g/mol. The van der Waals surface area contributed by atoms with Crippen molar-refractivity contribution in [3.05, 3.63) is 41.6 Å². The molecule has 3 saturated heterocycles. The highest BCUT2D eigenvalue weighted by atomic mass is 16.5. The molecule has 2 amide bonds. The molecule has 6 rings (SSSR count). The molecule has 4 aliphatic heterocycles. The summed E-state index contributed by atoms with van der Waals surface area (Å²) in [5.74, 6) is 0.627. The number of hydrogen-bond donors (Lipinski definition) is 1. The molecule has 7 nitrogen and oxygen atoms in total. The first kappa shape index (κ1) is 20.2. The number of rotatable bonds is 4. The van der Waals surface area contributed by atoms with Crippen molar-refractivity contribution in [3.63, 3.8) is 0 Å². The van der Waals surface area contributed by atoms with Crippen LogP contribution in [0.4, 0.5) is 0 Å². The van der Waals surface area contributed by atoms with Gasteiger partial charge in [0.2, 0.25) is 5.91 Å². The third-order valence-corrected chi connectivity index (χ3v) is 7.85. The number of hydrogen-bond acceptors (Lipinski definition) is 5. The molecule has 5 aliphatic rings. The van der Waals surface area contributed by atoms with Gasteiger partial charge in [-0.05, 0) is 68.7 Å². The zero-order valence-electron chi connectivity index (χ0n) is 18.4. The number of morpholine rings is 1. The zero-order valence-corrected chi connectivity index (χ0v) is 18.4. The molecule has 7 heteroatoms. The summed E-state index contributed by atoms with van der Waals surface area (Å²) in [6.45, 7) is 6.33. The molecule has 4 fully saturated rings. The lowest BCUT2D eigenvalue weighted by atomic mass is 10.0. The molecule has 1 aromatic carbocycles. The largest absolute Gasteiger partial charge is 0.489 e. The molecule has 1 N–H and O–H groups in total. The van der Waals surface area contributed by atoms with E-state index in [0.29, 0.717) is 43.2 Å². The Kier molecular flexibility index (Phi) is 4.99. The number of carbonyl (C=O) groups excluding carboxylic acids is 2. The van der Waals surface area contributed by atoms with Crippen molar-refractivity contribution in [2.45, 2.75) is 81.9 Å². The van der Waals surface area contributed by atoms with Gasteiger partial charge in [0.25, 0.3) is 5.91 Å². The van der Waals surface area contributed by atoms with E-state index in [9.17, 15) is 9.59 Å². The smallest absolute Gasteiger partial charge is 0.255 e. The van der Waals surface area contributed by atoms with Crippen LogP contribution in [0.5, 0.6) is 5.75 Å². The number of fused-ring (bicyclic) bond motifs is 3. The van der Waals surface area contributed by atoms with Crippen LogP contribution in [-0.4, -0.2) is 65.1 Å². The summed E-state index contributed by atoms with van der Waals surface area (Å²) in [7, 11) is 0. The summed E-state index contributed by atoms with van der Waals surface area (Å²) in [5, 5.41) is 2.79. The Labute approximate surface area is 188 Å². The van der Waals surface area contributed by atoms with E-state index in [1.807, 2.05) is 18.2 Å². The molecule has 170 valence electrons. The molecule has 1 aliphatic carbocycles. The number of nitrogens with zero attached hydrogens (tertiary/aromatic N) is 2. The lowest BCUT2D eigenvalue weighted by Gasteiger charge is -2.38. The fourth-order valence-corrected chi connectivity index (χ4v) is 6.26. The molecule has 0 radical (unpaired) electrons. The maximum atomic E-state index is 13.0. The van der Waals surface area contributed by atoms with E-state index in [2.05, 4.69) is 16.8 Å². The van der Waals surface area contributed by atoms with Gasteiger partial charge in [0.05, 0.1) is 12.2 Å². The first-order valence-electron chi connectivity index (χ1n) is 12.0. The maximum Gasteiger partial charge on any atom is 0.255 e. The summed E-state index contributed by atoms with van der Waals surface area (Å²) in [6, 6.07) is 5.80. The summed E-state index contributed by atoms with van der Waals surface area (Å²) in [4.78, 5) is 29.7. The number of benzene rings is 1. The minimum Gasteiger partial charge on any atom is -0.489 e. The van der Waals surface area contributed by atoms with Gasteiger partial charge in [-0.2, -0.15) is 0 Å². The Hall–Kier alpha value is -2.38. The van der Waals surface area contributed by atoms with E-state index in [-0.39, 0.29) is 17.9 Å². The predicted octanol–water partition coefficient (Wildman–Crippen LogP) is 2.60. The van der Waals surface area contributed by atoms with E-state index in [1.165, 1.54) is 25.7 Å². The first-order chi connectivity index (χ1) is 15.5. The van der Waals surface area contributed by atoms with Gasteiger partial charge in [-0.3, -0.25) is 14.5 Å². The molecule has 0 spiro atoms. The second-order valence-corrected chi connectivity index (χ2v) is 9.97. The van der Waals surface area contributed by atoms with Crippen LogP contribution < -0.4 is 10.1 Å². The summed E-state index contributed by atoms with van der Waals surface area (Å²) < 4.78 is 12.5. The number of ether oxygens (including phenoxy) is 2. The SMILES string of the molecule is C=C1CCC(N2Cc3cc(O[C@@H]4CCC[C@H]4N4CC5CCC(C4)O5)ccc3C2=O)C(=O)N1. The van der Waals surface area contributed by atoms with E-state index in [1.54, 1.807) is 4.90 Å². The van der Waals surface area contributed by atoms with E-state index < -0.39 is 6.04 Å². The molecule has 2 bridgehead atoms. The number of piperidine rings is 1. The summed E-state index contributed by atoms with van der Waals surface area (Å²) in [5.41, 5.74) is 2.36. The van der Waals surface area contributed by atoms with Crippen LogP contribution >= 0.6 is 0 Å². The standard InChI is InChI=1S/C25H31N3O4/c1-15-5-10-22(24(29)26-15)28-12-16-11-17(8-9-20(16)25(28)30)32-23-4-2-3-21(23)27-13-18-6-7-19(14-27)31-18/h8-9,11,18-19,21-23H,1-7,10,12-14H2,(H,26,29)/t18?,19?,21-,22?,23-/m1/s1. The Balaban J connectivity index is 1.15. The number of nitrogens with one attached hydrogen (secondary N) is 1. The Morgan fingerprint density at radius 1 is 1.06 bits per heavy atom. The van der Waals surface area contributed by atoms with Crippen molar-refractivity contribution in [2.75, 3.05) is 13.1 Å². The van der Waals surface area contributed by atoms with Crippen LogP contribution in [0.3, 0.4) is 0 Å². The second kappa shape index (κ2) is 7.89. The second-order valence-electron chi connectivity index (χ2n) is 9.97. The molecule has 4 heterocycles. The van der Waals surface area contributed by atoms with Gasteiger partial charge >= 0.3 is 0 Å². The van der Waals surface area contributed by atoms with Crippen LogP contribution in [-0.2, 0) is 16.1 Å². The number of carbonyl (C=O) groups is 2. The highest BCUT2D eigenvalue weighted by Crippen LogP contribution is 2.36. The van der Waals surface area contributed by atoms with Gasteiger partial charge < -0.3 is 19.7 Å². The lowest BCUT2D eigenvalue weighted by Crippen LogP contribution is -2.51. The fourth-order valence-electron chi connectivity index (χ4n) is 6.26. The first-order valence-corrected chi connectivity index (χ1v) is 12.0. The van der Waals surface area contributed by atoms with Crippen LogP contribution in [0.2, 0.25) is 0 Å². The monoisotopic (exact) mass is 437 g/mol. The lowest BCUT2D eigenvalue weighted by molar-refractivity contribution is -0.126. The Morgan fingerprint density at radius 2 is 1.88 bits per heavy atom. The van der Waals surface area contributed by atoms with Gasteiger partial charge in [-0.15, -0.1) is 0 Å². The molecular weight excluding hydrogens is 406 g/mol. The van der Waals surface area contributed by atoms with E-state index >= 15 is 0 Å². The highest BCUT2D eigenvalue weighted by molar-refractivity contribution is 6.01. The van der Waals surface area contributed by atoms with Crippen LogP contribution in [0.15, 0.2) is 30.5 Å². The van der Waals surface area contributed by atoms with Crippen molar-refractivity contribution in [3.8, 4) is 5.75 Å². The molecule has 5 atom stereocenters.